The van der Waals surface area contributed by atoms with Crippen LogP contribution >= 0.6 is 11.6 Å². The number of likely N-dealkylation sites (N-methyl/N-ethyl adjacent to an activating group) is 1. The monoisotopic (exact) mass is 393 g/mol. The van der Waals surface area contributed by atoms with Crippen LogP contribution in [0.15, 0.2) is 36.4 Å². The Balaban J connectivity index is 2.06. The van der Waals surface area contributed by atoms with Gasteiger partial charge in [0.2, 0.25) is 5.91 Å². The summed E-state index contributed by atoms with van der Waals surface area (Å²) in [7, 11) is 4.72. The fourth-order valence-corrected chi connectivity index (χ4v) is 2.74. The van der Waals surface area contributed by atoms with E-state index in [4.69, 9.17) is 21.1 Å². The number of nitrogens with zero attached hydrogens (tertiary/aromatic N) is 2. The second-order valence-electron chi connectivity index (χ2n) is 5.82. The van der Waals surface area contributed by atoms with Crippen molar-refractivity contribution in [3.05, 3.63) is 57.1 Å². The molecule has 0 heterocycles. The quantitative estimate of drug-likeness (QED) is 0.546. The van der Waals surface area contributed by atoms with E-state index in [1.165, 1.54) is 19.2 Å². The van der Waals surface area contributed by atoms with Crippen molar-refractivity contribution in [3.63, 3.8) is 0 Å². The number of nitro groups is 1. The molecule has 0 aromatic heterocycles. The third kappa shape index (κ3) is 5.57. The Morgan fingerprint density at radius 3 is 2.59 bits per heavy atom. The third-order valence-electron chi connectivity index (χ3n) is 3.77. The summed E-state index contributed by atoms with van der Waals surface area (Å²) < 4.78 is 10.3. The van der Waals surface area contributed by atoms with Crippen LogP contribution in [-0.4, -0.2) is 43.5 Å². The van der Waals surface area contributed by atoms with Gasteiger partial charge in [0, 0.05) is 17.1 Å². The predicted molar refractivity (Wildman–Crippen MR) is 103 cm³/mol. The van der Waals surface area contributed by atoms with E-state index in [9.17, 15) is 14.9 Å². The van der Waals surface area contributed by atoms with Crippen LogP contribution in [0, 0.1) is 10.1 Å². The molecule has 0 radical (unpaired) electrons. The lowest BCUT2D eigenvalue weighted by Crippen LogP contribution is -2.30. The van der Waals surface area contributed by atoms with Crippen molar-refractivity contribution in [2.45, 2.75) is 6.54 Å². The number of hydrogen-bond acceptors (Lipinski definition) is 6. The van der Waals surface area contributed by atoms with Crippen molar-refractivity contribution in [3.8, 4) is 11.5 Å². The molecule has 0 atom stereocenters. The molecular formula is C18H20ClN3O5. The number of nitro benzene ring substituents is 1. The number of carbonyl (C=O) groups is 1. The average molecular weight is 394 g/mol. The smallest absolute Gasteiger partial charge is 0.296 e. The zero-order valence-corrected chi connectivity index (χ0v) is 15.9. The van der Waals surface area contributed by atoms with Crippen molar-refractivity contribution < 1.29 is 19.2 Å². The largest absolute Gasteiger partial charge is 0.496 e. The maximum absolute atomic E-state index is 12.3. The van der Waals surface area contributed by atoms with E-state index in [0.717, 1.165) is 5.56 Å². The molecule has 144 valence electrons. The number of methoxy groups -OCH3 is 2. The Hall–Kier alpha value is -2.84. The molecule has 0 saturated heterocycles. The molecule has 9 heteroatoms. The number of hydrogen-bond donors (Lipinski definition) is 1. The average Bonchev–Trinajstić information content (AvgIpc) is 2.61. The van der Waals surface area contributed by atoms with Crippen LogP contribution in [0.1, 0.15) is 5.56 Å². The minimum Gasteiger partial charge on any atom is -0.496 e. The lowest BCUT2D eigenvalue weighted by molar-refractivity contribution is -0.384. The highest BCUT2D eigenvalue weighted by atomic mass is 35.5. The highest BCUT2D eigenvalue weighted by Crippen LogP contribution is 2.29. The molecule has 0 saturated carbocycles. The van der Waals surface area contributed by atoms with Crippen molar-refractivity contribution in [1.29, 1.82) is 0 Å². The van der Waals surface area contributed by atoms with Gasteiger partial charge in [-0.3, -0.25) is 19.8 Å². The molecule has 0 aliphatic carbocycles. The zero-order valence-electron chi connectivity index (χ0n) is 15.2. The van der Waals surface area contributed by atoms with Gasteiger partial charge in [0.25, 0.3) is 5.69 Å². The molecule has 2 aromatic carbocycles. The third-order valence-corrected chi connectivity index (χ3v) is 4.01. The molecule has 27 heavy (non-hydrogen) atoms. The van der Waals surface area contributed by atoms with Gasteiger partial charge in [0.1, 0.15) is 17.2 Å². The van der Waals surface area contributed by atoms with Gasteiger partial charge in [-0.15, -0.1) is 0 Å². The van der Waals surface area contributed by atoms with Crippen molar-refractivity contribution >= 4 is 28.9 Å². The number of rotatable bonds is 8. The number of amides is 1. The Bertz CT molecular complexity index is 844. The Morgan fingerprint density at radius 2 is 1.96 bits per heavy atom. The summed E-state index contributed by atoms with van der Waals surface area (Å²) in [6.07, 6.45) is 0. The van der Waals surface area contributed by atoms with Gasteiger partial charge in [-0.05, 0) is 37.4 Å². The maximum Gasteiger partial charge on any atom is 0.296 e. The first-order chi connectivity index (χ1) is 12.8. The van der Waals surface area contributed by atoms with E-state index < -0.39 is 4.92 Å². The summed E-state index contributed by atoms with van der Waals surface area (Å²) in [4.78, 5) is 24.7. The number of carbonyl (C=O) groups excluding carboxylic acids is 1. The van der Waals surface area contributed by atoms with Gasteiger partial charge >= 0.3 is 0 Å². The van der Waals surface area contributed by atoms with E-state index in [2.05, 4.69) is 5.32 Å². The van der Waals surface area contributed by atoms with Crippen LogP contribution < -0.4 is 14.8 Å². The Kier molecular flexibility index (Phi) is 6.98. The first-order valence-electron chi connectivity index (χ1n) is 7.97. The second kappa shape index (κ2) is 9.20. The highest BCUT2D eigenvalue weighted by molar-refractivity contribution is 6.30. The lowest BCUT2D eigenvalue weighted by atomic mass is 10.2. The fraction of sp³-hybridized carbons (Fsp3) is 0.278. The van der Waals surface area contributed by atoms with Gasteiger partial charge in [-0.2, -0.15) is 0 Å². The van der Waals surface area contributed by atoms with Crippen molar-refractivity contribution in [1.82, 2.24) is 4.90 Å². The summed E-state index contributed by atoms with van der Waals surface area (Å²) in [6.45, 7) is 0.445. The van der Waals surface area contributed by atoms with Gasteiger partial charge in [-0.1, -0.05) is 11.6 Å². The lowest BCUT2D eigenvalue weighted by Gasteiger charge is -2.18. The molecule has 0 aliphatic heterocycles. The van der Waals surface area contributed by atoms with Crippen LogP contribution in [0.5, 0.6) is 11.5 Å². The normalized spacial score (nSPS) is 10.6. The summed E-state index contributed by atoms with van der Waals surface area (Å²) in [5.74, 6) is 0.620. The first kappa shape index (κ1) is 20.5. The van der Waals surface area contributed by atoms with E-state index >= 15 is 0 Å². The second-order valence-corrected chi connectivity index (χ2v) is 6.25. The molecule has 2 aromatic rings. The summed E-state index contributed by atoms with van der Waals surface area (Å²) in [5, 5.41) is 14.3. The maximum atomic E-state index is 12.3. The molecule has 1 N–H and O–H groups in total. The molecule has 8 nitrogen and oxygen atoms in total. The fourth-order valence-electron chi connectivity index (χ4n) is 2.55. The Labute approximate surface area is 161 Å². The Morgan fingerprint density at radius 1 is 1.22 bits per heavy atom. The molecule has 0 fully saturated rings. The van der Waals surface area contributed by atoms with Crippen molar-refractivity contribution in [2.75, 3.05) is 33.1 Å². The number of benzene rings is 2. The predicted octanol–water partition coefficient (Wildman–Crippen LogP) is 3.34. The van der Waals surface area contributed by atoms with Crippen molar-refractivity contribution in [2.24, 2.45) is 0 Å². The minimum absolute atomic E-state index is 0.0266. The molecular weight excluding hydrogens is 374 g/mol. The molecule has 0 aliphatic rings. The van der Waals surface area contributed by atoms with E-state index in [1.54, 1.807) is 43.3 Å². The van der Waals surface area contributed by atoms with Gasteiger partial charge in [0.05, 0.1) is 31.8 Å². The molecule has 0 bridgehead atoms. The molecule has 0 spiro atoms. The summed E-state index contributed by atoms with van der Waals surface area (Å²) in [6, 6.07) is 9.49. The number of halogens is 1. The van der Waals surface area contributed by atoms with E-state index in [-0.39, 0.29) is 23.8 Å². The SMILES string of the molecule is COc1ccc(NC(=O)CN(C)Cc2cc(Cl)ccc2OC)c([N+](=O)[O-])c1. The highest BCUT2D eigenvalue weighted by Gasteiger charge is 2.18. The summed E-state index contributed by atoms with van der Waals surface area (Å²) >= 11 is 6.01. The number of nitrogens with one attached hydrogen (secondary N) is 1. The van der Waals surface area contributed by atoms with Crippen LogP contribution in [-0.2, 0) is 11.3 Å². The first-order valence-corrected chi connectivity index (χ1v) is 8.35. The van der Waals surface area contributed by atoms with Gasteiger partial charge in [0.15, 0.2) is 0 Å². The molecule has 2 rings (SSSR count). The van der Waals surface area contributed by atoms with Crippen LogP contribution in [0.2, 0.25) is 5.02 Å². The van der Waals surface area contributed by atoms with Gasteiger partial charge in [-0.25, -0.2) is 0 Å². The van der Waals surface area contributed by atoms with E-state index in [0.29, 0.717) is 23.1 Å². The minimum atomic E-state index is -0.571. The number of anilines is 1. The summed E-state index contributed by atoms with van der Waals surface area (Å²) in [5.41, 5.74) is 0.706. The topological polar surface area (TPSA) is 93.9 Å². The van der Waals surface area contributed by atoms with E-state index in [1.807, 2.05) is 0 Å². The van der Waals surface area contributed by atoms with Crippen LogP contribution in [0.4, 0.5) is 11.4 Å². The van der Waals surface area contributed by atoms with Gasteiger partial charge < -0.3 is 14.8 Å². The van der Waals surface area contributed by atoms with Crippen LogP contribution in [0.3, 0.4) is 0 Å². The molecule has 0 unspecified atom stereocenters. The zero-order chi connectivity index (χ0) is 20.0. The van der Waals surface area contributed by atoms with Crippen LogP contribution in [0.25, 0.3) is 0 Å². The number of ether oxygens (including phenoxy) is 2. The standard InChI is InChI=1S/C18H20ClN3O5/c1-21(10-12-8-13(19)4-7-17(12)27-3)11-18(23)20-15-6-5-14(26-2)9-16(15)22(24)25/h4-9H,10-11H2,1-3H3,(H,20,23). The molecule has 1 amide bonds.